The van der Waals surface area contributed by atoms with Gasteiger partial charge in [0.2, 0.25) is 11.8 Å². The first-order valence-corrected chi connectivity index (χ1v) is 10.9. The minimum atomic E-state index is -1.21. The van der Waals surface area contributed by atoms with Gasteiger partial charge in [0.05, 0.1) is 30.0 Å². The van der Waals surface area contributed by atoms with Crippen LogP contribution in [0.5, 0.6) is 0 Å². The van der Waals surface area contributed by atoms with Crippen LogP contribution >= 0.6 is 0 Å². The van der Waals surface area contributed by atoms with Crippen molar-refractivity contribution in [3.8, 4) is 0 Å². The van der Waals surface area contributed by atoms with Gasteiger partial charge < -0.3 is 16.6 Å². The predicted molar refractivity (Wildman–Crippen MR) is 125 cm³/mol. The fourth-order valence-electron chi connectivity index (χ4n) is 3.47. The van der Waals surface area contributed by atoms with Crippen LogP contribution in [0.3, 0.4) is 0 Å². The lowest BCUT2D eigenvalue weighted by molar-refractivity contribution is -0.384. The lowest BCUT2D eigenvalue weighted by Gasteiger charge is -2.27. The Morgan fingerprint density at radius 3 is 2.18 bits per heavy atom. The van der Waals surface area contributed by atoms with E-state index < -0.39 is 34.9 Å². The molecule has 33 heavy (non-hydrogen) atoms. The zero-order valence-corrected chi connectivity index (χ0v) is 19.0. The topological polar surface area (TPSA) is 153 Å². The molecule has 2 aromatic rings. The molecule has 9 heteroatoms. The molecule has 0 aromatic heterocycles. The number of nitro groups is 1. The number of amides is 2. The van der Waals surface area contributed by atoms with E-state index in [2.05, 4.69) is 0 Å². The molecule has 0 bridgehead atoms. The Labute approximate surface area is 193 Å². The summed E-state index contributed by atoms with van der Waals surface area (Å²) < 4.78 is 0. The first-order valence-electron chi connectivity index (χ1n) is 10.9. The molecule has 0 radical (unpaired) electrons. The molecule has 2 rings (SSSR count). The molecule has 2 aromatic carbocycles. The average Bonchev–Trinajstić information content (AvgIpc) is 2.77. The minimum absolute atomic E-state index is 0.0455. The van der Waals surface area contributed by atoms with E-state index in [-0.39, 0.29) is 31.0 Å². The predicted octanol–water partition coefficient (Wildman–Crippen LogP) is 2.14. The number of nitrogens with two attached hydrogens (primary N) is 2. The molecule has 0 saturated heterocycles. The van der Waals surface area contributed by atoms with Gasteiger partial charge >= 0.3 is 0 Å². The van der Waals surface area contributed by atoms with Crippen molar-refractivity contribution < 1.29 is 19.6 Å². The normalized spacial score (nSPS) is 13.9. The summed E-state index contributed by atoms with van der Waals surface area (Å²) >= 11 is 0. The van der Waals surface area contributed by atoms with Crippen molar-refractivity contribution in [2.75, 3.05) is 0 Å². The highest BCUT2D eigenvalue weighted by Gasteiger charge is 2.30. The van der Waals surface area contributed by atoms with E-state index in [1.807, 2.05) is 32.0 Å². The van der Waals surface area contributed by atoms with Crippen molar-refractivity contribution in [1.29, 1.82) is 0 Å². The summed E-state index contributed by atoms with van der Waals surface area (Å²) in [7, 11) is 0. The van der Waals surface area contributed by atoms with Gasteiger partial charge in [-0.3, -0.25) is 24.6 Å². The Morgan fingerprint density at radius 1 is 1.03 bits per heavy atom. The van der Waals surface area contributed by atoms with Gasteiger partial charge in [-0.05, 0) is 29.9 Å². The van der Waals surface area contributed by atoms with Crippen LogP contribution < -0.4 is 11.5 Å². The lowest BCUT2D eigenvalue weighted by Crippen LogP contribution is -2.49. The van der Waals surface area contributed by atoms with Crippen LogP contribution in [0.25, 0.3) is 0 Å². The van der Waals surface area contributed by atoms with Gasteiger partial charge in [-0.2, -0.15) is 0 Å². The molecule has 0 aliphatic rings. The summed E-state index contributed by atoms with van der Waals surface area (Å²) in [4.78, 5) is 37.4. The van der Waals surface area contributed by atoms with Crippen LogP contribution in [0, 0.1) is 16.0 Å². The minimum Gasteiger partial charge on any atom is -0.391 e. The van der Waals surface area contributed by atoms with Crippen molar-refractivity contribution in [1.82, 2.24) is 4.90 Å². The molecule has 0 spiro atoms. The molecule has 0 heterocycles. The Morgan fingerprint density at radius 2 is 1.64 bits per heavy atom. The number of hydrogen-bond donors (Lipinski definition) is 3. The van der Waals surface area contributed by atoms with Gasteiger partial charge in [0.15, 0.2) is 0 Å². The van der Waals surface area contributed by atoms with Gasteiger partial charge in [-0.15, -0.1) is 0 Å². The summed E-state index contributed by atoms with van der Waals surface area (Å²) in [6.07, 6.45) is -0.910. The monoisotopic (exact) mass is 456 g/mol. The molecule has 2 amide bonds. The Hall–Kier alpha value is -3.14. The summed E-state index contributed by atoms with van der Waals surface area (Å²) in [5.41, 5.74) is 13.6. The second-order valence-corrected chi connectivity index (χ2v) is 8.60. The quantitative estimate of drug-likeness (QED) is 0.346. The number of aliphatic hydroxyl groups is 1. The van der Waals surface area contributed by atoms with Crippen LogP contribution in [0.1, 0.15) is 37.8 Å². The standard InChI is InChI=1S/C24H32N4O5/c1-16(2)12-21(26)24(31)27(15-18-6-4-3-5-7-18)23(30)14-22(29)20(25)13-17-8-10-19(11-9-17)28(32)33/h3-11,16,20-22,29H,12-15,25-26H2,1-2H3/t20-,21-,22?/m0/s1. The zero-order chi connectivity index (χ0) is 24.5. The molecule has 0 saturated carbocycles. The number of hydrogen-bond acceptors (Lipinski definition) is 7. The molecule has 0 aliphatic carbocycles. The number of carbonyl (C=O) groups excluding carboxylic acids is 2. The molecule has 0 fully saturated rings. The first-order chi connectivity index (χ1) is 15.6. The van der Waals surface area contributed by atoms with E-state index >= 15 is 0 Å². The molecule has 3 atom stereocenters. The van der Waals surface area contributed by atoms with Crippen LogP contribution in [0.4, 0.5) is 5.69 Å². The summed E-state index contributed by atoms with van der Waals surface area (Å²) in [5.74, 6) is -0.873. The maximum absolute atomic E-state index is 13.0. The van der Waals surface area contributed by atoms with E-state index in [1.54, 1.807) is 24.3 Å². The van der Waals surface area contributed by atoms with Gasteiger partial charge in [0.25, 0.3) is 5.69 Å². The third kappa shape index (κ3) is 8.05. The molecule has 0 aliphatic heterocycles. The summed E-state index contributed by atoms with van der Waals surface area (Å²) in [6.45, 7) is 3.93. The Balaban J connectivity index is 2.08. The van der Waals surface area contributed by atoms with Crippen LogP contribution in [0.15, 0.2) is 54.6 Å². The van der Waals surface area contributed by atoms with Gasteiger partial charge in [-0.1, -0.05) is 56.3 Å². The number of benzene rings is 2. The highest BCUT2D eigenvalue weighted by molar-refractivity contribution is 5.97. The second-order valence-electron chi connectivity index (χ2n) is 8.60. The molecule has 178 valence electrons. The Bertz CT molecular complexity index is 934. The molecular formula is C24H32N4O5. The zero-order valence-electron chi connectivity index (χ0n) is 19.0. The number of aliphatic hydroxyl groups excluding tert-OH is 1. The van der Waals surface area contributed by atoms with Crippen molar-refractivity contribution in [3.63, 3.8) is 0 Å². The second kappa shape index (κ2) is 12.2. The highest BCUT2D eigenvalue weighted by atomic mass is 16.6. The fourth-order valence-corrected chi connectivity index (χ4v) is 3.47. The summed E-state index contributed by atoms with van der Waals surface area (Å²) in [6, 6.07) is 13.3. The van der Waals surface area contributed by atoms with Crippen LogP contribution in [-0.2, 0) is 22.6 Å². The van der Waals surface area contributed by atoms with E-state index in [9.17, 15) is 24.8 Å². The number of non-ortho nitro benzene ring substituents is 1. The number of nitrogens with zero attached hydrogens (tertiary/aromatic N) is 2. The maximum atomic E-state index is 13.0. The Kier molecular flexibility index (Phi) is 9.65. The maximum Gasteiger partial charge on any atom is 0.269 e. The van der Waals surface area contributed by atoms with E-state index in [0.717, 1.165) is 10.5 Å². The third-order valence-corrected chi connectivity index (χ3v) is 5.29. The summed E-state index contributed by atoms with van der Waals surface area (Å²) in [5, 5.41) is 21.3. The number of rotatable bonds is 11. The number of carbonyl (C=O) groups is 2. The highest BCUT2D eigenvalue weighted by Crippen LogP contribution is 2.16. The third-order valence-electron chi connectivity index (χ3n) is 5.29. The largest absolute Gasteiger partial charge is 0.391 e. The number of imide groups is 1. The van der Waals surface area contributed by atoms with Crippen molar-refractivity contribution >= 4 is 17.5 Å². The smallest absolute Gasteiger partial charge is 0.269 e. The molecule has 1 unspecified atom stereocenters. The fraction of sp³-hybridized carbons (Fsp3) is 0.417. The van der Waals surface area contributed by atoms with Gasteiger partial charge in [-0.25, -0.2) is 0 Å². The van der Waals surface area contributed by atoms with E-state index in [4.69, 9.17) is 11.5 Å². The van der Waals surface area contributed by atoms with Crippen molar-refractivity contribution in [2.24, 2.45) is 17.4 Å². The first kappa shape index (κ1) is 26.1. The number of nitro benzene ring substituents is 1. The van der Waals surface area contributed by atoms with Gasteiger partial charge in [0, 0.05) is 18.2 Å². The van der Waals surface area contributed by atoms with Crippen molar-refractivity contribution in [3.05, 3.63) is 75.8 Å². The SMILES string of the molecule is CC(C)C[C@H](N)C(=O)N(Cc1ccccc1)C(=O)CC(O)[C@@H](N)Cc1ccc([N+](=O)[O-])cc1. The molecule has 5 N–H and O–H groups in total. The van der Waals surface area contributed by atoms with E-state index in [0.29, 0.717) is 12.0 Å². The average molecular weight is 457 g/mol. The van der Waals surface area contributed by atoms with E-state index in [1.165, 1.54) is 12.1 Å². The lowest BCUT2D eigenvalue weighted by atomic mass is 9.98. The molecular weight excluding hydrogens is 424 g/mol. The molecule has 9 nitrogen and oxygen atoms in total. The van der Waals surface area contributed by atoms with Crippen LogP contribution in [-0.4, -0.2) is 44.9 Å². The van der Waals surface area contributed by atoms with Crippen molar-refractivity contribution in [2.45, 2.75) is 57.8 Å². The van der Waals surface area contributed by atoms with Crippen LogP contribution in [0.2, 0.25) is 0 Å². The van der Waals surface area contributed by atoms with Gasteiger partial charge in [0.1, 0.15) is 0 Å².